The average Bonchev–Trinajstić information content (AvgIpc) is 1.60. The number of phenolic OH excluding ortho intramolecular Hbond substituents is 1. The molecule has 708 valence electrons. The summed E-state index contributed by atoms with van der Waals surface area (Å²) in [6.07, 6.45) is 16.3. The number of rotatable bonds is 11. The van der Waals surface area contributed by atoms with Crippen molar-refractivity contribution in [3.63, 3.8) is 0 Å². The second-order valence-electron chi connectivity index (χ2n) is 36.1. The fourth-order valence-electron chi connectivity index (χ4n) is 16.6. The Labute approximate surface area is 799 Å². The lowest BCUT2D eigenvalue weighted by Gasteiger charge is -2.32. The van der Waals surface area contributed by atoms with Crippen LogP contribution in [0.15, 0.2) is 139 Å². The van der Waals surface area contributed by atoms with Crippen LogP contribution in [-0.2, 0) is 42.3 Å². The lowest BCUT2D eigenvalue weighted by molar-refractivity contribution is -0.618. The van der Waals surface area contributed by atoms with E-state index in [1.807, 2.05) is 160 Å². The lowest BCUT2D eigenvalue weighted by Crippen LogP contribution is -2.80. The van der Waals surface area contributed by atoms with Gasteiger partial charge in [0.15, 0.2) is 23.3 Å². The summed E-state index contributed by atoms with van der Waals surface area (Å²) in [6, 6.07) is 28.0. The van der Waals surface area contributed by atoms with E-state index in [9.17, 15) is 0 Å². The van der Waals surface area contributed by atoms with Crippen LogP contribution in [-0.4, -0.2) is 137 Å². The summed E-state index contributed by atoms with van der Waals surface area (Å²) in [7, 11) is 13.6. The number of para-hydroxylation sites is 1. The third-order valence-electron chi connectivity index (χ3n) is 28.3. The minimum absolute atomic E-state index is 0.271. The van der Waals surface area contributed by atoms with Crippen LogP contribution in [0.25, 0.3) is 68.2 Å². The van der Waals surface area contributed by atoms with Gasteiger partial charge in [-0.3, -0.25) is 18.9 Å². The molecule has 17 rings (SSSR count). The Hall–Kier alpha value is -14.1. The first-order valence-electron chi connectivity index (χ1n) is 46.0. The van der Waals surface area contributed by atoms with Gasteiger partial charge in [0, 0.05) is 131 Å². The summed E-state index contributed by atoms with van der Waals surface area (Å²) < 4.78 is 19.3. The second-order valence-corrected chi connectivity index (χ2v) is 36.1. The number of aromatic amines is 1. The van der Waals surface area contributed by atoms with E-state index in [0.29, 0.717) is 0 Å². The quantitative estimate of drug-likeness (QED) is 0.0901. The summed E-state index contributed by atoms with van der Waals surface area (Å²) in [6.45, 7) is 66.5. The van der Waals surface area contributed by atoms with Gasteiger partial charge >= 0.3 is 6.69 Å². The average molecular weight is 1820 g/mol. The van der Waals surface area contributed by atoms with Gasteiger partial charge in [0.05, 0.1) is 17.6 Å². The van der Waals surface area contributed by atoms with Gasteiger partial charge in [-0.05, 0) is 440 Å². The van der Waals surface area contributed by atoms with Gasteiger partial charge in [-0.25, -0.2) is 50.0 Å². The van der Waals surface area contributed by atoms with Crippen molar-refractivity contribution in [2.45, 2.75) is 222 Å². The standard InChI is InChI=1S/2C16H22N2.4C14H19N3.C12H13BN8.C8H9NO/c1-9-8-15(12(4)11(3)10(9)2)16-13(5)18(7)14(6)17-16;1-9-8-15(12(4)11(3)10(9)2)16-17-13(5)14(6)18(16)7;1-8-7-13(11(4)10(3)9(8)2)14-16-15-12(5)17(14)6;2*1-8-7-13(11(4)10(3)9(8)2)14-15-12(5)17(6)16-14;1-8-7-13(11(4)10(3)9(8)2)14-15-12(5)16-17(14)6;1-5-14-18(9-1)13(19-10-2-6-15-19,20-11-3-7-16-20)21-12-4-8-17-21;1-9-6-7-4-2-3-5-8(7)10/h2*8H,1-7H3;4*7H,1-6H3;1-12,14H;2-6,10H,1H3. The van der Waals surface area contributed by atoms with Gasteiger partial charge in [0.2, 0.25) is 0 Å². The van der Waals surface area contributed by atoms with Crippen LogP contribution in [0.5, 0.6) is 5.75 Å². The van der Waals surface area contributed by atoms with Gasteiger partial charge in [-0.15, -0.1) is 10.2 Å². The summed E-state index contributed by atoms with van der Waals surface area (Å²) in [5.41, 5.74) is 44.8. The molecule has 135 heavy (non-hydrogen) atoms. The first kappa shape index (κ1) is 103. The van der Waals surface area contributed by atoms with E-state index in [1.54, 1.807) is 44.0 Å². The highest BCUT2D eigenvalue weighted by Gasteiger charge is 2.50. The van der Waals surface area contributed by atoms with E-state index < -0.39 is 6.69 Å². The normalized spacial score (nSPS) is 11.1. The number of nitrogens with zero attached hydrogens (tertiary/aromatic N) is 24. The molecule has 0 bridgehead atoms. The highest BCUT2D eigenvalue weighted by Crippen LogP contribution is 2.36. The molecule has 7 aromatic carbocycles. The Kier molecular flexibility index (Phi) is 33.0. The number of hydrogen-bond acceptors (Lipinski definition) is 15. The molecule has 10 heterocycles. The molecule has 0 unspecified atom stereocenters. The number of nitrogens with one attached hydrogen (secondary N) is 1. The Morgan fingerprint density at radius 3 is 1.03 bits per heavy atom. The zero-order valence-electron chi connectivity index (χ0n) is 87.5. The fourth-order valence-corrected chi connectivity index (χ4v) is 16.6. The number of phenols is 1. The summed E-state index contributed by atoms with van der Waals surface area (Å²) in [5, 5.41) is 47.3. The zero-order chi connectivity index (χ0) is 99.7. The first-order chi connectivity index (χ1) is 63.6. The van der Waals surface area contributed by atoms with E-state index in [0.717, 1.165) is 86.3 Å². The molecule has 0 amide bonds. The van der Waals surface area contributed by atoms with Gasteiger partial charge in [0.1, 0.15) is 46.9 Å². The van der Waals surface area contributed by atoms with Crippen LogP contribution >= 0.6 is 0 Å². The number of aromatic hydroxyl groups is 1. The smallest absolute Gasteiger partial charge is 0.507 e. The Morgan fingerprint density at radius 1 is 0.341 bits per heavy atom. The Balaban J connectivity index is 0.000000160. The van der Waals surface area contributed by atoms with E-state index in [2.05, 4.69) is 319 Å². The third-order valence-corrected chi connectivity index (χ3v) is 28.3. The monoisotopic (exact) mass is 1820 g/mol. The molecule has 0 saturated heterocycles. The third kappa shape index (κ3) is 21.7. The van der Waals surface area contributed by atoms with Crippen molar-refractivity contribution in [2.24, 2.45) is 47.3 Å². The molecule has 0 aliphatic heterocycles. The molecule has 10 aromatic heterocycles. The van der Waals surface area contributed by atoms with E-state index in [4.69, 9.17) is 15.1 Å². The number of H-pyrrole nitrogens is 1. The highest BCUT2D eigenvalue weighted by atomic mass is 16.3. The number of imidazole rings is 2. The molecule has 2 N–H and O–H groups in total. The largest absolute Gasteiger partial charge is 0.665 e. The maximum absolute atomic E-state index is 9.15. The van der Waals surface area contributed by atoms with Crippen LogP contribution in [0, 0.1) is 222 Å². The molecule has 0 radical (unpaired) electrons. The fraction of sp³-hybridized carbons (Fsp3) is 0.361. The maximum Gasteiger partial charge on any atom is 0.665 e. The minimum atomic E-state index is -1.78. The molecular formula is C108H142BN25O. The second kappa shape index (κ2) is 43.3. The molecule has 27 heteroatoms. The molecule has 26 nitrogen and oxygen atoms in total. The molecule has 0 atom stereocenters. The van der Waals surface area contributed by atoms with Crippen LogP contribution < -0.4 is 4.59 Å². The van der Waals surface area contributed by atoms with Crippen molar-refractivity contribution in [1.29, 1.82) is 0 Å². The Bertz CT molecular complexity index is 6630. The summed E-state index contributed by atoms with van der Waals surface area (Å²) in [4.78, 5) is 26.7. The van der Waals surface area contributed by atoms with Gasteiger partial charge < -0.3 is 32.6 Å². The summed E-state index contributed by atoms with van der Waals surface area (Å²) in [5.74, 6) is 9.61. The van der Waals surface area contributed by atoms with Crippen LogP contribution in [0.4, 0.5) is 0 Å². The van der Waals surface area contributed by atoms with Crippen molar-refractivity contribution in [3.05, 3.63) is 320 Å². The minimum Gasteiger partial charge on any atom is -0.507 e. The molecular weight excluding hydrogens is 1670 g/mol. The molecule has 0 fully saturated rings. The van der Waals surface area contributed by atoms with E-state index in [1.165, 1.54) is 167 Å². The first-order valence-corrected chi connectivity index (χ1v) is 46.0. The molecule has 17 aromatic rings. The van der Waals surface area contributed by atoms with Gasteiger partial charge in [-0.1, -0.05) is 12.1 Å². The summed E-state index contributed by atoms with van der Waals surface area (Å²) >= 11 is 0. The SMILES string of the molecule is CN=Cc1ccccc1O.Cc1cc(-c2nc(C)c(C)n2C)c(C)c(C)c1C.Cc1cc(-c2nc(C)n(C)c2C)c(C)c(C)c1C.Cc1cc(-c2nc(C)n(C)n2)c(C)c(C)c1C.Cc1cc(-c2nc(C)n(C)n2)c(C)c(C)c1C.Cc1cc(-c2nnc(C)n2C)c(C)c(C)c1C.Cc1nc(-c2cc(C)c(C)c(C)c2C)n(C)n1.c1cnn([B-](n2cccn2)(n2cccn2)[n+]2ccc[nH]2)c1. The predicted molar refractivity (Wildman–Crippen MR) is 551 cm³/mol. The van der Waals surface area contributed by atoms with Crippen LogP contribution in [0.3, 0.4) is 0 Å². The van der Waals surface area contributed by atoms with Crippen molar-refractivity contribution >= 4 is 12.9 Å². The van der Waals surface area contributed by atoms with Crippen molar-refractivity contribution < 1.29 is 9.70 Å². The van der Waals surface area contributed by atoms with Crippen molar-refractivity contribution in [3.8, 4) is 73.9 Å². The Morgan fingerprint density at radius 2 is 0.719 bits per heavy atom. The molecule has 0 aliphatic carbocycles. The number of hydrogen-bond donors (Lipinski definition) is 2. The number of aryl methyl sites for hydroxylation is 15. The molecule has 0 spiro atoms. The number of aromatic nitrogens is 24. The van der Waals surface area contributed by atoms with E-state index >= 15 is 0 Å². The van der Waals surface area contributed by atoms with Crippen molar-refractivity contribution in [1.82, 2.24) is 112 Å². The topological polar surface area (TPSA) is 264 Å². The van der Waals surface area contributed by atoms with Crippen LogP contribution in [0.1, 0.15) is 185 Å². The lowest BCUT2D eigenvalue weighted by atomic mass is 9.75. The number of benzene rings is 7. The molecule has 0 aliphatic rings. The van der Waals surface area contributed by atoms with Gasteiger partial charge in [-0.2, -0.15) is 15.3 Å². The predicted octanol–water partition coefficient (Wildman–Crippen LogP) is 21.2. The van der Waals surface area contributed by atoms with Gasteiger partial charge in [0.25, 0.3) is 0 Å². The highest BCUT2D eigenvalue weighted by molar-refractivity contribution is 6.65. The van der Waals surface area contributed by atoms with Crippen LogP contribution in [0.2, 0.25) is 0 Å². The number of aliphatic imine (C=N–C) groups is 1. The maximum atomic E-state index is 9.15. The zero-order valence-corrected chi connectivity index (χ0v) is 87.5. The molecule has 0 saturated carbocycles. The van der Waals surface area contributed by atoms with E-state index in [-0.39, 0.29) is 5.75 Å². The van der Waals surface area contributed by atoms with Crippen molar-refractivity contribution in [2.75, 3.05) is 7.05 Å².